The zero-order valence-corrected chi connectivity index (χ0v) is 16.0. The Morgan fingerprint density at radius 1 is 1.22 bits per heavy atom. The Balaban J connectivity index is 1.48. The van der Waals surface area contributed by atoms with Gasteiger partial charge in [0, 0.05) is 37.1 Å². The lowest BCUT2D eigenvalue weighted by Gasteiger charge is -2.29. The van der Waals surface area contributed by atoms with Gasteiger partial charge in [-0.2, -0.15) is 0 Å². The highest BCUT2D eigenvalue weighted by atomic mass is 35.5. The second-order valence-corrected chi connectivity index (χ2v) is 7.83. The summed E-state index contributed by atoms with van der Waals surface area (Å²) < 4.78 is 5.77. The van der Waals surface area contributed by atoms with E-state index in [0.717, 1.165) is 43.4 Å². The van der Waals surface area contributed by atoms with E-state index in [4.69, 9.17) is 16.3 Å². The molecule has 1 aliphatic heterocycles. The van der Waals surface area contributed by atoms with Crippen LogP contribution < -0.4 is 5.32 Å². The molecule has 2 aromatic rings. The molecule has 1 saturated carbocycles. The Labute approximate surface area is 164 Å². The number of hydrogen-bond acceptors (Lipinski definition) is 3. The summed E-state index contributed by atoms with van der Waals surface area (Å²) in [5.74, 6) is 0. The summed E-state index contributed by atoms with van der Waals surface area (Å²) in [6.07, 6.45) is 7.59. The van der Waals surface area contributed by atoms with Crippen molar-refractivity contribution in [1.29, 1.82) is 0 Å². The Bertz CT molecular complexity index is 772. The van der Waals surface area contributed by atoms with Crippen LogP contribution in [0.5, 0.6) is 0 Å². The fourth-order valence-electron chi connectivity index (χ4n) is 3.63. The molecule has 0 radical (unpaired) electrons. The number of nitrogens with zero attached hydrogens (tertiary/aromatic N) is 2. The standard InChI is InChI=1S/C21H24ClN3O2/c22-18-5-3-17(4-6-18)21(9-10-21)24-20(26)25(15-19-2-1-13-27-19)14-16-7-11-23-12-8-16/h3-8,11-12,19H,1-2,9-10,13-15H2,(H,24,26)/t19-/m1/s1. The Morgan fingerprint density at radius 3 is 2.59 bits per heavy atom. The molecular formula is C21H24ClN3O2. The summed E-state index contributed by atoms with van der Waals surface area (Å²) >= 11 is 6.01. The molecule has 0 bridgehead atoms. The van der Waals surface area contributed by atoms with Crippen molar-refractivity contribution >= 4 is 17.6 Å². The molecule has 1 atom stereocenters. The third-order valence-electron chi connectivity index (χ3n) is 5.35. The number of urea groups is 1. The van der Waals surface area contributed by atoms with E-state index in [2.05, 4.69) is 10.3 Å². The van der Waals surface area contributed by atoms with Gasteiger partial charge in [0.2, 0.25) is 0 Å². The summed E-state index contributed by atoms with van der Waals surface area (Å²) in [6.45, 7) is 1.93. The van der Waals surface area contributed by atoms with Crippen LogP contribution >= 0.6 is 11.6 Å². The number of amides is 2. The van der Waals surface area contributed by atoms with Crippen LogP contribution in [0.1, 0.15) is 36.8 Å². The number of nitrogens with one attached hydrogen (secondary N) is 1. The van der Waals surface area contributed by atoms with E-state index in [-0.39, 0.29) is 17.7 Å². The van der Waals surface area contributed by atoms with Crippen LogP contribution in [-0.2, 0) is 16.8 Å². The average Bonchev–Trinajstić information content (AvgIpc) is 3.27. The number of rotatable bonds is 6. The normalized spacial score (nSPS) is 20.3. The predicted octanol–water partition coefficient (Wildman–Crippen LogP) is 4.11. The topological polar surface area (TPSA) is 54.5 Å². The van der Waals surface area contributed by atoms with Gasteiger partial charge in [0.15, 0.2) is 0 Å². The van der Waals surface area contributed by atoms with Gasteiger partial charge in [-0.1, -0.05) is 23.7 Å². The highest BCUT2D eigenvalue weighted by molar-refractivity contribution is 6.30. The van der Waals surface area contributed by atoms with Crippen LogP contribution in [-0.4, -0.2) is 35.2 Å². The summed E-state index contributed by atoms with van der Waals surface area (Å²) in [5, 5.41) is 3.98. The van der Waals surface area contributed by atoms with E-state index in [1.54, 1.807) is 12.4 Å². The van der Waals surface area contributed by atoms with E-state index in [9.17, 15) is 4.79 Å². The molecule has 1 aromatic heterocycles. The molecule has 2 heterocycles. The third-order valence-corrected chi connectivity index (χ3v) is 5.60. The zero-order valence-electron chi connectivity index (χ0n) is 15.2. The predicted molar refractivity (Wildman–Crippen MR) is 105 cm³/mol. The SMILES string of the molecule is O=C(NC1(c2ccc(Cl)cc2)CC1)N(Cc1ccncc1)C[C@H]1CCCO1. The monoisotopic (exact) mass is 385 g/mol. The maximum absolute atomic E-state index is 13.1. The number of benzene rings is 1. The molecule has 0 unspecified atom stereocenters. The van der Waals surface area contributed by atoms with Gasteiger partial charge in [-0.3, -0.25) is 4.98 Å². The van der Waals surface area contributed by atoms with Crippen molar-refractivity contribution in [3.05, 3.63) is 64.9 Å². The van der Waals surface area contributed by atoms with E-state index < -0.39 is 0 Å². The van der Waals surface area contributed by atoms with E-state index in [1.165, 1.54) is 0 Å². The summed E-state index contributed by atoms with van der Waals surface area (Å²) in [5.41, 5.74) is 1.91. The van der Waals surface area contributed by atoms with Gasteiger partial charge in [-0.05, 0) is 61.1 Å². The molecule has 2 amide bonds. The summed E-state index contributed by atoms with van der Waals surface area (Å²) in [7, 11) is 0. The average molecular weight is 386 g/mol. The van der Waals surface area contributed by atoms with Gasteiger partial charge in [0.25, 0.3) is 0 Å². The molecule has 2 aliphatic rings. The van der Waals surface area contributed by atoms with Crippen molar-refractivity contribution in [2.75, 3.05) is 13.2 Å². The number of hydrogen-bond donors (Lipinski definition) is 1. The molecule has 5 nitrogen and oxygen atoms in total. The highest BCUT2D eigenvalue weighted by Gasteiger charge is 2.46. The summed E-state index contributed by atoms with van der Waals surface area (Å²) in [4.78, 5) is 19.1. The van der Waals surface area contributed by atoms with Crippen molar-refractivity contribution in [3.8, 4) is 0 Å². The van der Waals surface area contributed by atoms with Crippen LogP contribution in [0.2, 0.25) is 5.02 Å². The van der Waals surface area contributed by atoms with E-state index in [1.807, 2.05) is 41.3 Å². The van der Waals surface area contributed by atoms with E-state index in [0.29, 0.717) is 18.1 Å². The first-order chi connectivity index (χ1) is 13.1. The van der Waals surface area contributed by atoms with Crippen molar-refractivity contribution in [1.82, 2.24) is 15.2 Å². The number of halogens is 1. The van der Waals surface area contributed by atoms with Gasteiger partial charge in [0.1, 0.15) is 0 Å². The number of aromatic nitrogens is 1. The first kappa shape index (κ1) is 18.3. The molecule has 6 heteroatoms. The first-order valence-electron chi connectivity index (χ1n) is 9.48. The van der Waals surface area contributed by atoms with Crippen LogP contribution in [0.25, 0.3) is 0 Å². The van der Waals surface area contributed by atoms with Crippen molar-refractivity contribution in [2.24, 2.45) is 0 Å². The number of carbonyl (C=O) groups excluding carboxylic acids is 1. The van der Waals surface area contributed by atoms with Crippen LogP contribution in [0, 0.1) is 0 Å². The van der Waals surface area contributed by atoms with Gasteiger partial charge >= 0.3 is 6.03 Å². The van der Waals surface area contributed by atoms with Crippen molar-refractivity contribution in [3.63, 3.8) is 0 Å². The fraction of sp³-hybridized carbons (Fsp3) is 0.429. The van der Waals surface area contributed by atoms with Crippen LogP contribution in [0.3, 0.4) is 0 Å². The Hall–Kier alpha value is -2.11. The van der Waals surface area contributed by atoms with E-state index >= 15 is 0 Å². The van der Waals surface area contributed by atoms with Gasteiger partial charge < -0.3 is 15.0 Å². The lowest BCUT2D eigenvalue weighted by atomic mass is 10.1. The molecule has 142 valence electrons. The fourth-order valence-corrected chi connectivity index (χ4v) is 3.75. The molecular weight excluding hydrogens is 362 g/mol. The van der Waals surface area contributed by atoms with Crippen LogP contribution in [0.15, 0.2) is 48.8 Å². The molecule has 1 aliphatic carbocycles. The maximum atomic E-state index is 13.1. The Morgan fingerprint density at radius 2 is 1.96 bits per heavy atom. The maximum Gasteiger partial charge on any atom is 0.318 e. The number of ether oxygens (including phenoxy) is 1. The molecule has 1 saturated heterocycles. The number of carbonyl (C=O) groups is 1. The highest BCUT2D eigenvalue weighted by Crippen LogP contribution is 2.45. The van der Waals surface area contributed by atoms with Crippen molar-refractivity contribution in [2.45, 2.75) is 43.9 Å². The molecule has 4 rings (SSSR count). The third kappa shape index (κ3) is 4.42. The molecule has 1 aromatic carbocycles. The Kier molecular flexibility index (Phi) is 5.32. The molecule has 1 N–H and O–H groups in total. The van der Waals surface area contributed by atoms with Gasteiger partial charge in [-0.15, -0.1) is 0 Å². The minimum Gasteiger partial charge on any atom is -0.376 e. The second kappa shape index (κ2) is 7.87. The smallest absolute Gasteiger partial charge is 0.318 e. The summed E-state index contributed by atoms with van der Waals surface area (Å²) in [6, 6.07) is 11.6. The van der Waals surface area contributed by atoms with Gasteiger partial charge in [-0.25, -0.2) is 4.79 Å². The minimum absolute atomic E-state index is 0.0465. The molecule has 27 heavy (non-hydrogen) atoms. The number of pyridine rings is 1. The van der Waals surface area contributed by atoms with Gasteiger partial charge in [0.05, 0.1) is 11.6 Å². The lowest BCUT2D eigenvalue weighted by molar-refractivity contribution is 0.0786. The van der Waals surface area contributed by atoms with Crippen molar-refractivity contribution < 1.29 is 9.53 Å². The largest absolute Gasteiger partial charge is 0.376 e. The lowest BCUT2D eigenvalue weighted by Crippen LogP contribution is -2.47. The minimum atomic E-state index is -0.269. The molecule has 2 fully saturated rings. The first-order valence-corrected chi connectivity index (χ1v) is 9.86. The van der Waals surface area contributed by atoms with Crippen LogP contribution in [0.4, 0.5) is 4.79 Å². The second-order valence-electron chi connectivity index (χ2n) is 7.39. The zero-order chi connectivity index (χ0) is 18.7. The molecule has 0 spiro atoms. The quantitative estimate of drug-likeness (QED) is 0.813.